The van der Waals surface area contributed by atoms with Crippen LogP contribution in [0.3, 0.4) is 0 Å². The normalized spacial score (nSPS) is 19.2. The molecule has 11 heteroatoms. The van der Waals surface area contributed by atoms with Gasteiger partial charge in [0.1, 0.15) is 6.04 Å². The lowest BCUT2D eigenvalue weighted by Gasteiger charge is -2.38. The summed E-state index contributed by atoms with van der Waals surface area (Å²) < 4.78 is 26.2. The van der Waals surface area contributed by atoms with Crippen LogP contribution in [0.4, 0.5) is 11.4 Å². The fourth-order valence-electron chi connectivity index (χ4n) is 4.83. The Balaban J connectivity index is 1.45. The number of amides is 2. The first-order valence-corrected chi connectivity index (χ1v) is 14.9. The van der Waals surface area contributed by atoms with E-state index in [0.717, 1.165) is 43.3 Å². The summed E-state index contributed by atoms with van der Waals surface area (Å²) in [5.41, 5.74) is 2.20. The highest BCUT2D eigenvalue weighted by Gasteiger charge is 2.31. The minimum atomic E-state index is -3.42. The third-order valence-corrected chi connectivity index (χ3v) is 7.57. The van der Waals surface area contributed by atoms with Crippen molar-refractivity contribution in [3.63, 3.8) is 0 Å². The van der Waals surface area contributed by atoms with Crippen LogP contribution in [0.1, 0.15) is 24.8 Å². The molecule has 3 N–H and O–H groups in total. The van der Waals surface area contributed by atoms with Gasteiger partial charge in [-0.15, -0.1) is 0 Å². The molecule has 0 unspecified atom stereocenters. The molecule has 37 heavy (non-hydrogen) atoms. The van der Waals surface area contributed by atoms with E-state index in [1.165, 1.54) is 0 Å². The molecule has 4 rings (SSSR count). The summed E-state index contributed by atoms with van der Waals surface area (Å²) in [6.07, 6.45) is 4.28. The molecule has 0 saturated carbocycles. The number of para-hydroxylation sites is 2. The lowest BCUT2D eigenvalue weighted by atomic mass is 10.0. The van der Waals surface area contributed by atoms with Gasteiger partial charge in [-0.2, -0.15) is 0 Å². The Morgan fingerprint density at radius 2 is 1.76 bits per heavy atom. The Labute approximate surface area is 223 Å². The molecule has 9 nitrogen and oxygen atoms in total. The van der Waals surface area contributed by atoms with E-state index in [1.807, 2.05) is 24.3 Å². The number of piperidine rings is 1. The molecule has 2 amide bonds. The second-order valence-corrected chi connectivity index (χ2v) is 11.8. The van der Waals surface area contributed by atoms with Gasteiger partial charge in [-0.1, -0.05) is 42.3 Å². The number of hydrogen-bond acceptors (Lipinski definition) is 6. The zero-order valence-electron chi connectivity index (χ0n) is 21.0. The summed E-state index contributed by atoms with van der Waals surface area (Å²) in [6.45, 7) is 2.80. The molecule has 2 atom stereocenters. The number of rotatable bonds is 8. The lowest BCUT2D eigenvalue weighted by Crippen LogP contribution is -2.58. The first-order valence-electron chi connectivity index (χ1n) is 12.6. The number of anilines is 2. The molecule has 2 aliphatic heterocycles. The Bertz CT molecular complexity index is 1190. The number of hydrogen-bond donors (Lipinski definition) is 3. The van der Waals surface area contributed by atoms with Gasteiger partial charge in [-0.3, -0.25) is 14.3 Å². The zero-order valence-corrected chi connectivity index (χ0v) is 22.5. The number of nitrogens with zero attached hydrogens (tertiary/aromatic N) is 2. The van der Waals surface area contributed by atoms with E-state index in [-0.39, 0.29) is 17.9 Å². The molecule has 0 spiro atoms. The van der Waals surface area contributed by atoms with E-state index in [4.69, 9.17) is 11.6 Å². The van der Waals surface area contributed by atoms with Crippen molar-refractivity contribution < 1.29 is 18.0 Å². The van der Waals surface area contributed by atoms with Gasteiger partial charge in [0, 0.05) is 37.6 Å². The number of piperazine rings is 1. The summed E-state index contributed by atoms with van der Waals surface area (Å²) in [6, 6.07) is 13.6. The van der Waals surface area contributed by atoms with E-state index < -0.39 is 16.1 Å². The van der Waals surface area contributed by atoms with Crippen molar-refractivity contribution in [2.24, 2.45) is 0 Å². The maximum absolute atomic E-state index is 13.6. The van der Waals surface area contributed by atoms with Gasteiger partial charge in [-0.25, -0.2) is 8.42 Å². The van der Waals surface area contributed by atoms with Gasteiger partial charge in [0.05, 0.1) is 23.7 Å². The molecule has 0 aliphatic carbocycles. The van der Waals surface area contributed by atoms with Crippen LogP contribution >= 0.6 is 11.6 Å². The van der Waals surface area contributed by atoms with E-state index in [9.17, 15) is 18.0 Å². The number of benzene rings is 2. The van der Waals surface area contributed by atoms with Crippen molar-refractivity contribution in [3.05, 3.63) is 59.1 Å². The average Bonchev–Trinajstić information content (AvgIpc) is 2.89. The molecular formula is C26H34ClN5O4S. The smallest absolute Gasteiger partial charge is 0.245 e. The quantitative estimate of drug-likeness (QED) is 0.467. The first kappa shape index (κ1) is 27.2. The minimum absolute atomic E-state index is 0.124. The van der Waals surface area contributed by atoms with Gasteiger partial charge < -0.3 is 20.4 Å². The average molecular weight is 548 g/mol. The van der Waals surface area contributed by atoms with Gasteiger partial charge in [-0.05, 0) is 49.2 Å². The maximum Gasteiger partial charge on any atom is 0.245 e. The maximum atomic E-state index is 13.6. The Hall–Kier alpha value is -2.82. The molecule has 2 fully saturated rings. The van der Waals surface area contributed by atoms with Crippen molar-refractivity contribution in [2.75, 3.05) is 48.6 Å². The topological polar surface area (TPSA) is 111 Å². The number of nitrogens with one attached hydrogen (secondary N) is 3. The molecule has 0 bridgehead atoms. The summed E-state index contributed by atoms with van der Waals surface area (Å²) in [4.78, 5) is 30.5. The molecule has 0 aromatic heterocycles. The number of halogens is 1. The summed E-state index contributed by atoms with van der Waals surface area (Å²) in [7, 11) is -3.42. The summed E-state index contributed by atoms with van der Waals surface area (Å²) in [5, 5.41) is 6.87. The SMILES string of the molecule is CS(=O)(=O)Nc1ccccc1N1CCN(C(=O)[C@@H](Cc2ccc(Cl)cc2)NC(=O)[C@@H]2CCCCN2)CC1. The van der Waals surface area contributed by atoms with Gasteiger partial charge in [0.15, 0.2) is 0 Å². The Morgan fingerprint density at radius 1 is 1.05 bits per heavy atom. The number of carbonyl (C=O) groups is 2. The van der Waals surface area contributed by atoms with Crippen molar-refractivity contribution >= 4 is 44.8 Å². The van der Waals surface area contributed by atoms with Crippen LogP contribution in [0.15, 0.2) is 48.5 Å². The first-order chi connectivity index (χ1) is 17.7. The van der Waals surface area contributed by atoms with E-state index in [2.05, 4.69) is 20.3 Å². The van der Waals surface area contributed by atoms with Crippen LogP contribution in [0.25, 0.3) is 0 Å². The minimum Gasteiger partial charge on any atom is -0.366 e. The highest BCUT2D eigenvalue weighted by Crippen LogP contribution is 2.27. The second-order valence-electron chi connectivity index (χ2n) is 9.60. The van der Waals surface area contributed by atoms with E-state index in [0.29, 0.717) is 43.3 Å². The lowest BCUT2D eigenvalue weighted by molar-refractivity contribution is -0.137. The Kier molecular flexibility index (Phi) is 8.94. The molecule has 2 saturated heterocycles. The molecule has 0 radical (unpaired) electrons. The van der Waals surface area contributed by atoms with Crippen molar-refractivity contribution in [1.82, 2.24) is 15.5 Å². The highest BCUT2D eigenvalue weighted by molar-refractivity contribution is 7.92. The van der Waals surface area contributed by atoms with E-state index in [1.54, 1.807) is 29.2 Å². The van der Waals surface area contributed by atoms with Gasteiger partial charge in [0.2, 0.25) is 21.8 Å². The van der Waals surface area contributed by atoms with Gasteiger partial charge in [0.25, 0.3) is 0 Å². The monoisotopic (exact) mass is 547 g/mol. The zero-order chi connectivity index (χ0) is 26.4. The molecule has 2 aromatic carbocycles. The van der Waals surface area contributed by atoms with Crippen molar-refractivity contribution in [1.29, 1.82) is 0 Å². The highest BCUT2D eigenvalue weighted by atomic mass is 35.5. The van der Waals surface area contributed by atoms with Crippen LogP contribution in [0.2, 0.25) is 5.02 Å². The van der Waals surface area contributed by atoms with Crippen LogP contribution in [0.5, 0.6) is 0 Å². The molecule has 200 valence electrons. The summed E-state index contributed by atoms with van der Waals surface area (Å²) in [5.74, 6) is -0.271. The predicted molar refractivity (Wildman–Crippen MR) is 146 cm³/mol. The van der Waals surface area contributed by atoms with Crippen molar-refractivity contribution in [2.45, 2.75) is 37.8 Å². The third-order valence-electron chi connectivity index (χ3n) is 6.73. The summed E-state index contributed by atoms with van der Waals surface area (Å²) >= 11 is 6.03. The number of carbonyl (C=O) groups excluding carboxylic acids is 2. The standard InChI is InChI=1S/C26H34ClN5O4S/c1-37(35,36)30-21-6-2-3-8-24(21)31-14-16-32(17-15-31)26(34)23(18-19-9-11-20(27)12-10-19)29-25(33)22-7-4-5-13-28-22/h2-3,6,8-12,22-23,28,30H,4-5,7,13-18H2,1H3,(H,29,33)/t22-,23+/m0/s1. The fourth-order valence-corrected chi connectivity index (χ4v) is 5.53. The number of sulfonamides is 1. The van der Waals surface area contributed by atoms with Crippen LogP contribution in [-0.2, 0) is 26.0 Å². The van der Waals surface area contributed by atoms with E-state index >= 15 is 0 Å². The third kappa shape index (κ3) is 7.59. The molecule has 2 aliphatic rings. The molecule has 2 aromatic rings. The second kappa shape index (κ2) is 12.1. The molecule has 2 heterocycles. The fraction of sp³-hybridized carbons (Fsp3) is 0.462. The molecular weight excluding hydrogens is 514 g/mol. The largest absolute Gasteiger partial charge is 0.366 e. The predicted octanol–water partition coefficient (Wildman–Crippen LogP) is 2.23. The van der Waals surface area contributed by atoms with Crippen LogP contribution < -0.4 is 20.3 Å². The van der Waals surface area contributed by atoms with Crippen LogP contribution in [0, 0.1) is 0 Å². The van der Waals surface area contributed by atoms with Gasteiger partial charge >= 0.3 is 0 Å². The van der Waals surface area contributed by atoms with Crippen molar-refractivity contribution in [3.8, 4) is 0 Å². The van der Waals surface area contributed by atoms with Crippen LogP contribution in [-0.4, -0.2) is 76.2 Å². The Morgan fingerprint density at radius 3 is 2.41 bits per heavy atom.